The highest BCUT2D eigenvalue weighted by Crippen LogP contribution is 2.33. The van der Waals surface area contributed by atoms with E-state index < -0.39 is 0 Å². The second kappa shape index (κ2) is 8.86. The van der Waals surface area contributed by atoms with Gasteiger partial charge in [0.25, 0.3) is 0 Å². The van der Waals surface area contributed by atoms with Crippen molar-refractivity contribution in [3.05, 3.63) is 17.5 Å². The molecule has 2 amide bonds. The first-order valence-corrected chi connectivity index (χ1v) is 9.83. The molecule has 2 aliphatic rings. The summed E-state index contributed by atoms with van der Waals surface area (Å²) in [5.41, 5.74) is 0.901. The first-order chi connectivity index (χ1) is 12.6. The molecule has 0 bridgehead atoms. The number of amides is 2. The van der Waals surface area contributed by atoms with Crippen LogP contribution in [0.5, 0.6) is 0 Å². The molecule has 7 heteroatoms. The van der Waals surface area contributed by atoms with Gasteiger partial charge in [0.2, 0.25) is 0 Å². The zero-order chi connectivity index (χ0) is 18.4. The van der Waals surface area contributed by atoms with Gasteiger partial charge >= 0.3 is 6.03 Å². The van der Waals surface area contributed by atoms with Crippen LogP contribution in [-0.2, 0) is 11.3 Å². The van der Waals surface area contributed by atoms with E-state index in [-0.39, 0.29) is 11.6 Å². The highest BCUT2D eigenvalue weighted by atomic mass is 16.5. The molecule has 0 unspecified atom stereocenters. The second-order valence-corrected chi connectivity index (χ2v) is 7.69. The third kappa shape index (κ3) is 4.76. The van der Waals surface area contributed by atoms with Crippen LogP contribution in [0.15, 0.2) is 10.6 Å². The third-order valence-electron chi connectivity index (χ3n) is 5.70. The predicted octanol–water partition coefficient (Wildman–Crippen LogP) is 2.55. The van der Waals surface area contributed by atoms with Gasteiger partial charge in [-0.1, -0.05) is 30.8 Å². The number of aromatic nitrogens is 1. The molecule has 2 fully saturated rings. The van der Waals surface area contributed by atoms with E-state index in [1.54, 1.807) is 11.9 Å². The maximum atomic E-state index is 12.6. The summed E-state index contributed by atoms with van der Waals surface area (Å²) in [7, 11) is 1.79. The number of hydrogen-bond donors (Lipinski definition) is 1. The van der Waals surface area contributed by atoms with E-state index in [1.165, 1.54) is 25.7 Å². The molecule has 146 valence electrons. The van der Waals surface area contributed by atoms with Crippen molar-refractivity contribution in [3.8, 4) is 0 Å². The Balaban J connectivity index is 1.59. The van der Waals surface area contributed by atoms with Crippen LogP contribution in [0.3, 0.4) is 0 Å². The smallest absolute Gasteiger partial charge is 0.317 e. The van der Waals surface area contributed by atoms with Crippen molar-refractivity contribution in [1.82, 2.24) is 20.3 Å². The molecule has 26 heavy (non-hydrogen) atoms. The Morgan fingerprint density at radius 1 is 1.27 bits per heavy atom. The van der Waals surface area contributed by atoms with Crippen LogP contribution in [-0.4, -0.2) is 66.4 Å². The molecule has 3 rings (SSSR count). The molecule has 0 spiro atoms. The van der Waals surface area contributed by atoms with Crippen LogP contribution in [0.25, 0.3) is 0 Å². The van der Waals surface area contributed by atoms with Crippen molar-refractivity contribution in [3.63, 3.8) is 0 Å². The topological polar surface area (TPSA) is 70.8 Å². The Bertz CT molecular complexity index is 575. The van der Waals surface area contributed by atoms with E-state index in [4.69, 9.17) is 9.26 Å². The minimum atomic E-state index is -0.0593. The summed E-state index contributed by atoms with van der Waals surface area (Å²) in [6, 6.07) is 1.81. The molecule has 1 aromatic rings. The van der Waals surface area contributed by atoms with Crippen molar-refractivity contribution in [2.75, 3.05) is 39.9 Å². The number of urea groups is 1. The molecule has 0 aromatic carbocycles. The van der Waals surface area contributed by atoms with E-state index in [0.717, 1.165) is 44.8 Å². The number of carbonyl (C=O) groups is 1. The quantitative estimate of drug-likeness (QED) is 0.813. The minimum Gasteiger partial charge on any atom is -0.379 e. The van der Waals surface area contributed by atoms with E-state index in [1.807, 2.05) is 13.0 Å². The maximum absolute atomic E-state index is 12.6. The van der Waals surface area contributed by atoms with Gasteiger partial charge in [-0.3, -0.25) is 4.90 Å². The van der Waals surface area contributed by atoms with Gasteiger partial charge in [-0.15, -0.1) is 0 Å². The Morgan fingerprint density at radius 2 is 1.96 bits per heavy atom. The molecule has 1 aliphatic heterocycles. The van der Waals surface area contributed by atoms with Gasteiger partial charge in [-0.25, -0.2) is 4.79 Å². The minimum absolute atomic E-state index is 0.0593. The molecule has 1 N–H and O–H groups in total. The fraction of sp³-hybridized carbons (Fsp3) is 0.789. The van der Waals surface area contributed by atoms with Gasteiger partial charge in [-0.05, 0) is 19.8 Å². The molecule has 0 atom stereocenters. The Morgan fingerprint density at radius 3 is 2.58 bits per heavy atom. The van der Waals surface area contributed by atoms with E-state index >= 15 is 0 Å². The average Bonchev–Trinajstić information content (AvgIpc) is 2.92. The van der Waals surface area contributed by atoms with E-state index in [9.17, 15) is 4.79 Å². The predicted molar refractivity (Wildman–Crippen MR) is 98.9 cm³/mol. The zero-order valence-electron chi connectivity index (χ0n) is 16.1. The monoisotopic (exact) mass is 364 g/mol. The lowest BCUT2D eigenvalue weighted by Crippen LogP contribution is -2.59. The van der Waals surface area contributed by atoms with Crippen LogP contribution in [0, 0.1) is 6.92 Å². The fourth-order valence-corrected chi connectivity index (χ4v) is 4.20. The summed E-state index contributed by atoms with van der Waals surface area (Å²) >= 11 is 0. The molecular formula is C19H32N4O3. The van der Waals surface area contributed by atoms with Crippen LogP contribution in [0.2, 0.25) is 0 Å². The van der Waals surface area contributed by atoms with Gasteiger partial charge in [0.15, 0.2) is 5.76 Å². The van der Waals surface area contributed by atoms with Gasteiger partial charge < -0.3 is 19.5 Å². The Kier molecular flexibility index (Phi) is 6.53. The maximum Gasteiger partial charge on any atom is 0.317 e. The van der Waals surface area contributed by atoms with Gasteiger partial charge in [0.05, 0.1) is 25.5 Å². The molecule has 2 heterocycles. The Labute approximate surface area is 156 Å². The SMILES string of the molecule is Cc1cc(CN(C)C(=O)NCC2(N3CCOCC3)CCCCCC2)on1. The number of rotatable bonds is 5. The van der Waals surface area contributed by atoms with E-state index in [2.05, 4.69) is 15.4 Å². The summed E-state index contributed by atoms with van der Waals surface area (Å²) in [6.45, 7) is 6.51. The summed E-state index contributed by atoms with van der Waals surface area (Å²) < 4.78 is 10.8. The normalized spacial score (nSPS) is 21.2. The lowest BCUT2D eigenvalue weighted by molar-refractivity contribution is -0.0279. The van der Waals surface area contributed by atoms with Crippen molar-refractivity contribution < 1.29 is 14.1 Å². The molecule has 1 aliphatic carbocycles. The summed E-state index contributed by atoms with van der Waals surface area (Å²) in [4.78, 5) is 16.8. The Hall–Kier alpha value is -1.60. The second-order valence-electron chi connectivity index (χ2n) is 7.69. The largest absolute Gasteiger partial charge is 0.379 e. The van der Waals surface area contributed by atoms with Crippen molar-refractivity contribution >= 4 is 6.03 Å². The van der Waals surface area contributed by atoms with Crippen LogP contribution in [0.4, 0.5) is 4.79 Å². The number of morpholine rings is 1. The number of aryl methyl sites for hydroxylation is 1. The fourth-order valence-electron chi connectivity index (χ4n) is 4.20. The van der Waals surface area contributed by atoms with E-state index in [0.29, 0.717) is 18.8 Å². The summed E-state index contributed by atoms with van der Waals surface area (Å²) in [5.74, 6) is 0.706. The summed E-state index contributed by atoms with van der Waals surface area (Å²) in [5, 5.41) is 7.07. The third-order valence-corrected chi connectivity index (χ3v) is 5.70. The number of ether oxygens (including phenoxy) is 1. The van der Waals surface area contributed by atoms with Crippen LogP contribution >= 0.6 is 0 Å². The van der Waals surface area contributed by atoms with Crippen molar-refractivity contribution in [1.29, 1.82) is 0 Å². The average molecular weight is 364 g/mol. The van der Waals surface area contributed by atoms with Gasteiger partial charge in [-0.2, -0.15) is 0 Å². The van der Waals surface area contributed by atoms with Crippen LogP contribution < -0.4 is 5.32 Å². The molecular weight excluding hydrogens is 332 g/mol. The molecule has 1 saturated carbocycles. The first kappa shape index (κ1) is 19.2. The molecule has 7 nitrogen and oxygen atoms in total. The zero-order valence-corrected chi connectivity index (χ0v) is 16.1. The standard InChI is InChI=1S/C19H32N4O3/c1-16-13-17(26-21-16)14-22(2)18(24)20-15-19(7-5-3-4-6-8-19)23-9-11-25-12-10-23/h13H,3-12,14-15H2,1-2H3,(H,20,24). The highest BCUT2D eigenvalue weighted by molar-refractivity contribution is 5.73. The number of nitrogens with zero attached hydrogens (tertiary/aromatic N) is 3. The lowest BCUT2D eigenvalue weighted by atomic mass is 9.87. The first-order valence-electron chi connectivity index (χ1n) is 9.83. The number of hydrogen-bond acceptors (Lipinski definition) is 5. The number of nitrogens with one attached hydrogen (secondary N) is 1. The highest BCUT2D eigenvalue weighted by Gasteiger charge is 2.38. The number of carbonyl (C=O) groups excluding carboxylic acids is 1. The lowest BCUT2D eigenvalue weighted by Gasteiger charge is -2.46. The van der Waals surface area contributed by atoms with Crippen LogP contribution in [0.1, 0.15) is 50.0 Å². The summed E-state index contributed by atoms with van der Waals surface area (Å²) in [6.07, 6.45) is 7.37. The van der Waals surface area contributed by atoms with Gasteiger partial charge in [0, 0.05) is 38.3 Å². The van der Waals surface area contributed by atoms with Crippen molar-refractivity contribution in [2.45, 2.75) is 57.5 Å². The van der Waals surface area contributed by atoms with Crippen molar-refractivity contribution in [2.24, 2.45) is 0 Å². The van der Waals surface area contributed by atoms with Gasteiger partial charge in [0.1, 0.15) is 0 Å². The molecule has 0 radical (unpaired) electrons. The molecule has 1 saturated heterocycles. The molecule has 1 aromatic heterocycles.